The van der Waals surface area contributed by atoms with E-state index in [4.69, 9.17) is 4.74 Å². The lowest BCUT2D eigenvalue weighted by Crippen LogP contribution is -2.22. The Balaban J connectivity index is 1.67. The number of nitrogens with zero attached hydrogens (tertiary/aromatic N) is 1. The third kappa shape index (κ3) is 2.66. The third-order valence-electron chi connectivity index (χ3n) is 3.26. The maximum absolute atomic E-state index is 11.9. The summed E-state index contributed by atoms with van der Waals surface area (Å²) in [7, 11) is 0. The van der Waals surface area contributed by atoms with Crippen LogP contribution in [0.3, 0.4) is 0 Å². The number of amides is 1. The van der Waals surface area contributed by atoms with Crippen LogP contribution in [0.25, 0.3) is 11.3 Å². The number of ether oxygens (including phenoxy) is 1. The van der Waals surface area contributed by atoms with Gasteiger partial charge >= 0.3 is 0 Å². The van der Waals surface area contributed by atoms with Crippen LogP contribution in [0.1, 0.15) is 6.42 Å². The summed E-state index contributed by atoms with van der Waals surface area (Å²) in [4.78, 5) is 11.9. The highest BCUT2D eigenvalue weighted by atomic mass is 16.5. The van der Waals surface area contributed by atoms with Crippen molar-refractivity contribution < 1.29 is 9.53 Å². The van der Waals surface area contributed by atoms with Crippen LogP contribution in [0.2, 0.25) is 0 Å². The summed E-state index contributed by atoms with van der Waals surface area (Å²) in [6.45, 7) is 1.20. The maximum atomic E-state index is 11.9. The number of benzene rings is 1. The summed E-state index contributed by atoms with van der Waals surface area (Å²) in [5, 5.41) is 9.73. The van der Waals surface area contributed by atoms with Crippen LogP contribution in [0.4, 0.5) is 5.69 Å². The van der Waals surface area contributed by atoms with E-state index >= 15 is 0 Å². The lowest BCUT2D eigenvalue weighted by Gasteiger charge is -2.09. The number of rotatable bonds is 3. The molecule has 2 aromatic rings. The number of nitrogens with one attached hydrogen (secondary N) is 2. The molecule has 1 atom stereocenters. The van der Waals surface area contributed by atoms with E-state index in [1.807, 2.05) is 30.3 Å². The summed E-state index contributed by atoms with van der Waals surface area (Å²) in [5.74, 6) is 0.0130. The monoisotopic (exact) mass is 257 g/mol. The number of hydrogen-bond donors (Lipinski definition) is 2. The number of anilines is 1. The largest absolute Gasteiger partial charge is 0.381 e. The summed E-state index contributed by atoms with van der Waals surface area (Å²) >= 11 is 0. The molecule has 1 aliphatic rings. The molecule has 2 N–H and O–H groups in total. The molecule has 1 aromatic heterocycles. The molecule has 1 aromatic carbocycles. The van der Waals surface area contributed by atoms with Gasteiger partial charge in [-0.2, -0.15) is 5.10 Å². The van der Waals surface area contributed by atoms with Gasteiger partial charge < -0.3 is 10.1 Å². The molecule has 3 rings (SSSR count). The predicted octanol–water partition coefficient (Wildman–Crippen LogP) is 2.05. The molecule has 0 aliphatic carbocycles. The molecular weight excluding hydrogens is 242 g/mol. The van der Waals surface area contributed by atoms with Crippen molar-refractivity contribution in [3.05, 3.63) is 36.5 Å². The molecule has 0 radical (unpaired) electrons. The smallest absolute Gasteiger partial charge is 0.229 e. The van der Waals surface area contributed by atoms with E-state index in [-0.39, 0.29) is 11.8 Å². The second kappa shape index (κ2) is 5.24. The molecule has 2 heterocycles. The second-order valence-electron chi connectivity index (χ2n) is 4.60. The van der Waals surface area contributed by atoms with E-state index in [2.05, 4.69) is 15.5 Å². The highest BCUT2D eigenvalue weighted by Gasteiger charge is 2.23. The first-order chi connectivity index (χ1) is 9.33. The molecule has 0 bridgehead atoms. The van der Waals surface area contributed by atoms with E-state index in [0.29, 0.717) is 13.2 Å². The van der Waals surface area contributed by atoms with Gasteiger partial charge in [0.25, 0.3) is 0 Å². The predicted molar refractivity (Wildman–Crippen MR) is 71.6 cm³/mol. The Hall–Kier alpha value is -2.14. The second-order valence-corrected chi connectivity index (χ2v) is 4.60. The number of aromatic nitrogens is 2. The van der Waals surface area contributed by atoms with E-state index in [0.717, 1.165) is 23.4 Å². The van der Waals surface area contributed by atoms with Crippen molar-refractivity contribution in [2.45, 2.75) is 6.42 Å². The Labute approximate surface area is 111 Å². The van der Waals surface area contributed by atoms with Crippen LogP contribution in [-0.2, 0) is 9.53 Å². The van der Waals surface area contributed by atoms with Gasteiger partial charge in [-0.3, -0.25) is 9.89 Å². The Morgan fingerprint density at radius 3 is 2.79 bits per heavy atom. The zero-order valence-electron chi connectivity index (χ0n) is 10.4. The number of carbonyl (C=O) groups is 1. The number of carbonyl (C=O) groups excluding carboxylic acids is 1. The SMILES string of the molecule is O=C(Nc1ccc(-c2ccn[nH]2)cc1)C1CCOC1. The van der Waals surface area contributed by atoms with Crippen molar-refractivity contribution in [1.29, 1.82) is 0 Å². The lowest BCUT2D eigenvalue weighted by atomic mass is 10.1. The van der Waals surface area contributed by atoms with Crippen molar-refractivity contribution in [2.24, 2.45) is 5.92 Å². The number of aromatic amines is 1. The van der Waals surface area contributed by atoms with Crippen LogP contribution < -0.4 is 5.32 Å². The number of hydrogen-bond acceptors (Lipinski definition) is 3. The van der Waals surface area contributed by atoms with Crippen molar-refractivity contribution in [2.75, 3.05) is 18.5 Å². The zero-order valence-corrected chi connectivity index (χ0v) is 10.4. The van der Waals surface area contributed by atoms with Gasteiger partial charge in [0.2, 0.25) is 5.91 Å². The van der Waals surface area contributed by atoms with E-state index in [1.165, 1.54) is 0 Å². The fraction of sp³-hybridized carbons (Fsp3) is 0.286. The average molecular weight is 257 g/mol. The highest BCUT2D eigenvalue weighted by Crippen LogP contribution is 2.20. The molecule has 1 fully saturated rings. The van der Waals surface area contributed by atoms with Crippen LogP contribution in [0.15, 0.2) is 36.5 Å². The Morgan fingerprint density at radius 2 is 2.16 bits per heavy atom. The highest BCUT2D eigenvalue weighted by molar-refractivity contribution is 5.93. The molecule has 1 amide bonds. The topological polar surface area (TPSA) is 67.0 Å². The van der Waals surface area contributed by atoms with Gasteiger partial charge in [0.1, 0.15) is 0 Å². The molecule has 1 unspecified atom stereocenters. The Bertz CT molecular complexity index is 543. The van der Waals surface area contributed by atoms with Crippen molar-refractivity contribution >= 4 is 11.6 Å². The van der Waals surface area contributed by atoms with E-state index in [9.17, 15) is 4.79 Å². The normalized spacial score (nSPS) is 18.4. The van der Waals surface area contributed by atoms with Gasteiger partial charge in [-0.15, -0.1) is 0 Å². The summed E-state index contributed by atoms with van der Waals surface area (Å²) in [6, 6.07) is 9.60. The van der Waals surface area contributed by atoms with Crippen molar-refractivity contribution in [3.8, 4) is 11.3 Å². The third-order valence-corrected chi connectivity index (χ3v) is 3.26. The van der Waals surface area contributed by atoms with Crippen LogP contribution in [-0.4, -0.2) is 29.3 Å². The number of H-pyrrole nitrogens is 1. The molecule has 0 spiro atoms. The van der Waals surface area contributed by atoms with Crippen LogP contribution >= 0.6 is 0 Å². The first kappa shape index (κ1) is 11.9. The Morgan fingerprint density at radius 1 is 1.32 bits per heavy atom. The first-order valence-electron chi connectivity index (χ1n) is 6.31. The van der Waals surface area contributed by atoms with Gasteiger partial charge in [-0.25, -0.2) is 0 Å². The van der Waals surface area contributed by atoms with Gasteiger partial charge in [0.05, 0.1) is 18.2 Å². The first-order valence-corrected chi connectivity index (χ1v) is 6.31. The minimum atomic E-state index is -0.0210. The maximum Gasteiger partial charge on any atom is 0.229 e. The summed E-state index contributed by atoms with van der Waals surface area (Å²) < 4.78 is 5.21. The minimum Gasteiger partial charge on any atom is -0.381 e. The summed E-state index contributed by atoms with van der Waals surface area (Å²) in [5.41, 5.74) is 2.81. The van der Waals surface area contributed by atoms with Gasteiger partial charge in [0.15, 0.2) is 0 Å². The fourth-order valence-electron chi connectivity index (χ4n) is 2.14. The van der Waals surface area contributed by atoms with E-state index < -0.39 is 0 Å². The summed E-state index contributed by atoms with van der Waals surface area (Å²) in [6.07, 6.45) is 2.52. The lowest BCUT2D eigenvalue weighted by molar-refractivity contribution is -0.119. The molecular formula is C14H15N3O2. The van der Waals surface area contributed by atoms with Gasteiger partial charge in [-0.1, -0.05) is 12.1 Å². The molecule has 5 heteroatoms. The van der Waals surface area contributed by atoms with Gasteiger partial charge in [0, 0.05) is 18.5 Å². The van der Waals surface area contributed by atoms with Crippen LogP contribution in [0, 0.1) is 5.92 Å². The quantitative estimate of drug-likeness (QED) is 0.884. The van der Waals surface area contributed by atoms with Crippen molar-refractivity contribution in [3.63, 3.8) is 0 Å². The van der Waals surface area contributed by atoms with Crippen LogP contribution in [0.5, 0.6) is 0 Å². The standard InChI is InChI=1S/C14H15N3O2/c18-14(11-6-8-19-9-11)16-12-3-1-10(2-4-12)13-5-7-15-17-13/h1-5,7,11H,6,8-9H2,(H,15,17)(H,16,18). The fourth-order valence-corrected chi connectivity index (χ4v) is 2.14. The minimum absolute atomic E-state index is 0.0210. The molecule has 1 aliphatic heterocycles. The molecule has 1 saturated heterocycles. The average Bonchev–Trinajstić information content (AvgIpc) is 3.13. The molecule has 19 heavy (non-hydrogen) atoms. The molecule has 0 saturated carbocycles. The van der Waals surface area contributed by atoms with Gasteiger partial charge in [-0.05, 0) is 30.2 Å². The zero-order chi connectivity index (χ0) is 13.1. The molecule has 5 nitrogen and oxygen atoms in total. The van der Waals surface area contributed by atoms with E-state index in [1.54, 1.807) is 6.20 Å². The molecule has 98 valence electrons. The Kier molecular flexibility index (Phi) is 3.29. The van der Waals surface area contributed by atoms with Crippen molar-refractivity contribution in [1.82, 2.24) is 10.2 Å².